The van der Waals surface area contributed by atoms with Crippen molar-refractivity contribution >= 4 is 39.8 Å². The fourth-order valence-corrected chi connectivity index (χ4v) is 4.54. The molecule has 0 saturated carbocycles. The summed E-state index contributed by atoms with van der Waals surface area (Å²) in [4.78, 5) is 29.3. The van der Waals surface area contributed by atoms with E-state index in [1.54, 1.807) is 12.1 Å². The van der Waals surface area contributed by atoms with E-state index in [0.717, 1.165) is 55.0 Å². The lowest BCUT2D eigenvalue weighted by Gasteiger charge is -2.34. The standard InChI is InChI=1S/C28H27F3N6O2/c1-36-11-13-37(14-12-36)22-8-5-18(6-9-22)27-23-10-7-21(16-24(23)34-35-27)33-26(39)17-25(38)32-20-4-2-3-19(15-20)28(29,30)31/h2-10,15-16H,11-14,17H2,1H3,(H,32,38)(H,33,39)(H,34,35). The number of aromatic nitrogens is 2. The molecule has 39 heavy (non-hydrogen) atoms. The number of hydrogen-bond acceptors (Lipinski definition) is 5. The molecule has 8 nitrogen and oxygen atoms in total. The van der Waals surface area contributed by atoms with Crippen LogP contribution in [0.3, 0.4) is 0 Å². The van der Waals surface area contributed by atoms with Gasteiger partial charge in [0.25, 0.3) is 0 Å². The number of benzene rings is 3. The van der Waals surface area contributed by atoms with E-state index in [0.29, 0.717) is 11.2 Å². The van der Waals surface area contributed by atoms with Crippen molar-refractivity contribution in [3.8, 4) is 11.3 Å². The van der Waals surface area contributed by atoms with Crippen molar-refractivity contribution in [1.29, 1.82) is 0 Å². The number of amides is 2. The summed E-state index contributed by atoms with van der Waals surface area (Å²) in [6.45, 7) is 4.04. The molecule has 202 valence electrons. The largest absolute Gasteiger partial charge is 0.416 e. The zero-order valence-electron chi connectivity index (χ0n) is 21.2. The quantitative estimate of drug-likeness (QED) is 0.303. The molecule has 1 aliphatic heterocycles. The Labute approximate surface area is 222 Å². The Morgan fingerprint density at radius 2 is 1.56 bits per heavy atom. The van der Waals surface area contributed by atoms with Crippen LogP contribution in [0.25, 0.3) is 22.2 Å². The van der Waals surface area contributed by atoms with Crippen LogP contribution in [0.5, 0.6) is 0 Å². The van der Waals surface area contributed by atoms with Gasteiger partial charge in [0.1, 0.15) is 6.42 Å². The first-order valence-electron chi connectivity index (χ1n) is 12.4. The number of halogens is 3. The third-order valence-corrected chi connectivity index (χ3v) is 6.65. The Bertz CT molecular complexity index is 1490. The van der Waals surface area contributed by atoms with Crippen molar-refractivity contribution in [3.63, 3.8) is 0 Å². The molecular weight excluding hydrogens is 509 g/mol. The average Bonchev–Trinajstić information content (AvgIpc) is 3.32. The van der Waals surface area contributed by atoms with Gasteiger partial charge in [-0.15, -0.1) is 0 Å². The zero-order valence-corrected chi connectivity index (χ0v) is 21.2. The Hall–Kier alpha value is -4.38. The molecule has 1 fully saturated rings. The third-order valence-electron chi connectivity index (χ3n) is 6.65. The molecule has 11 heteroatoms. The molecule has 3 aromatic carbocycles. The second-order valence-electron chi connectivity index (χ2n) is 9.52. The molecular formula is C28H27F3N6O2. The fraction of sp³-hybridized carbons (Fsp3) is 0.250. The van der Waals surface area contributed by atoms with Gasteiger partial charge in [-0.1, -0.05) is 18.2 Å². The summed E-state index contributed by atoms with van der Waals surface area (Å²) in [5, 5.41) is 13.3. The molecule has 1 aromatic heterocycles. The molecule has 5 rings (SSSR count). The number of rotatable bonds is 6. The van der Waals surface area contributed by atoms with Crippen LogP contribution in [0.1, 0.15) is 12.0 Å². The molecule has 1 saturated heterocycles. The van der Waals surface area contributed by atoms with E-state index >= 15 is 0 Å². The number of anilines is 3. The van der Waals surface area contributed by atoms with E-state index < -0.39 is 30.0 Å². The van der Waals surface area contributed by atoms with Gasteiger partial charge in [0.2, 0.25) is 11.8 Å². The molecule has 0 aliphatic carbocycles. The van der Waals surface area contributed by atoms with Crippen LogP contribution in [-0.2, 0) is 15.8 Å². The topological polar surface area (TPSA) is 93.4 Å². The van der Waals surface area contributed by atoms with Gasteiger partial charge in [0, 0.05) is 54.2 Å². The number of nitrogens with one attached hydrogen (secondary N) is 3. The van der Waals surface area contributed by atoms with E-state index in [9.17, 15) is 22.8 Å². The van der Waals surface area contributed by atoms with Crippen LogP contribution in [0.15, 0.2) is 66.7 Å². The summed E-state index contributed by atoms with van der Waals surface area (Å²) in [7, 11) is 2.13. The Morgan fingerprint density at radius 1 is 0.897 bits per heavy atom. The number of fused-ring (bicyclic) bond motifs is 1. The summed E-state index contributed by atoms with van der Waals surface area (Å²) in [5.74, 6) is -1.32. The maximum atomic E-state index is 12.9. The van der Waals surface area contributed by atoms with Gasteiger partial charge in [0.15, 0.2) is 0 Å². The molecule has 2 heterocycles. The number of alkyl halides is 3. The predicted molar refractivity (Wildman–Crippen MR) is 145 cm³/mol. The van der Waals surface area contributed by atoms with Crippen LogP contribution >= 0.6 is 0 Å². The van der Waals surface area contributed by atoms with E-state index in [2.05, 4.69) is 49.8 Å². The molecule has 0 unspecified atom stereocenters. The zero-order chi connectivity index (χ0) is 27.6. The molecule has 0 radical (unpaired) electrons. The maximum absolute atomic E-state index is 12.9. The predicted octanol–water partition coefficient (Wildman–Crippen LogP) is 4.97. The molecule has 0 bridgehead atoms. The van der Waals surface area contributed by atoms with Gasteiger partial charge in [-0.25, -0.2) is 0 Å². The third kappa shape index (κ3) is 6.20. The molecule has 0 atom stereocenters. The first-order chi connectivity index (χ1) is 18.7. The highest BCUT2D eigenvalue weighted by Gasteiger charge is 2.30. The van der Waals surface area contributed by atoms with Crippen molar-refractivity contribution < 1.29 is 22.8 Å². The number of carbonyl (C=O) groups is 2. The number of carbonyl (C=O) groups excluding carboxylic acids is 2. The molecule has 1 aliphatic rings. The van der Waals surface area contributed by atoms with E-state index in [-0.39, 0.29) is 5.69 Å². The highest BCUT2D eigenvalue weighted by molar-refractivity contribution is 6.08. The first kappa shape index (κ1) is 26.2. The number of nitrogens with zero attached hydrogens (tertiary/aromatic N) is 3. The van der Waals surface area contributed by atoms with Crippen molar-refractivity contribution in [2.75, 3.05) is 48.8 Å². The van der Waals surface area contributed by atoms with Gasteiger partial charge in [-0.05, 0) is 55.6 Å². The molecule has 4 aromatic rings. The van der Waals surface area contributed by atoms with Crippen molar-refractivity contribution in [3.05, 3.63) is 72.3 Å². The minimum atomic E-state index is -4.53. The van der Waals surface area contributed by atoms with E-state index in [1.165, 1.54) is 17.8 Å². The second-order valence-corrected chi connectivity index (χ2v) is 9.52. The van der Waals surface area contributed by atoms with Gasteiger partial charge >= 0.3 is 6.18 Å². The number of piperazine rings is 1. The van der Waals surface area contributed by atoms with Crippen LogP contribution in [0.4, 0.5) is 30.2 Å². The lowest BCUT2D eigenvalue weighted by atomic mass is 10.1. The van der Waals surface area contributed by atoms with Gasteiger partial charge in [0.05, 0.1) is 16.8 Å². The Morgan fingerprint density at radius 3 is 2.23 bits per heavy atom. The van der Waals surface area contributed by atoms with Crippen molar-refractivity contribution in [2.24, 2.45) is 0 Å². The van der Waals surface area contributed by atoms with Crippen LogP contribution < -0.4 is 15.5 Å². The summed E-state index contributed by atoms with van der Waals surface area (Å²) >= 11 is 0. The molecule has 2 amide bonds. The SMILES string of the molecule is CN1CCN(c2ccc(-c3n[nH]c4cc(NC(=O)CC(=O)Nc5cccc(C(F)(F)F)c5)ccc34)cc2)CC1. The van der Waals surface area contributed by atoms with Gasteiger partial charge in [-0.3, -0.25) is 14.7 Å². The smallest absolute Gasteiger partial charge is 0.369 e. The lowest BCUT2D eigenvalue weighted by Crippen LogP contribution is -2.44. The van der Waals surface area contributed by atoms with Crippen LogP contribution in [0.2, 0.25) is 0 Å². The highest BCUT2D eigenvalue weighted by atomic mass is 19.4. The monoisotopic (exact) mass is 536 g/mol. The Kier molecular flexibility index (Phi) is 7.25. The molecule has 3 N–H and O–H groups in total. The number of H-pyrrole nitrogens is 1. The normalized spacial score (nSPS) is 14.4. The minimum absolute atomic E-state index is 0.0365. The highest BCUT2D eigenvalue weighted by Crippen LogP contribution is 2.31. The van der Waals surface area contributed by atoms with E-state index in [1.807, 2.05) is 18.2 Å². The number of hydrogen-bond donors (Lipinski definition) is 3. The van der Waals surface area contributed by atoms with Crippen molar-refractivity contribution in [2.45, 2.75) is 12.6 Å². The summed E-state index contributed by atoms with van der Waals surface area (Å²) in [6, 6.07) is 17.8. The summed E-state index contributed by atoms with van der Waals surface area (Å²) < 4.78 is 38.6. The van der Waals surface area contributed by atoms with Gasteiger partial charge < -0.3 is 20.4 Å². The number of aromatic amines is 1. The van der Waals surface area contributed by atoms with E-state index in [4.69, 9.17) is 0 Å². The van der Waals surface area contributed by atoms with Crippen LogP contribution in [-0.4, -0.2) is 60.1 Å². The number of likely N-dealkylation sites (N-methyl/N-ethyl adjacent to an activating group) is 1. The summed E-state index contributed by atoms with van der Waals surface area (Å²) in [5.41, 5.74) is 3.16. The van der Waals surface area contributed by atoms with Crippen LogP contribution in [0, 0.1) is 0 Å². The first-order valence-corrected chi connectivity index (χ1v) is 12.4. The fourth-order valence-electron chi connectivity index (χ4n) is 4.54. The average molecular weight is 537 g/mol. The Balaban J connectivity index is 1.21. The molecule has 0 spiro atoms. The second kappa shape index (κ2) is 10.8. The lowest BCUT2D eigenvalue weighted by molar-refractivity contribution is -0.137. The maximum Gasteiger partial charge on any atom is 0.416 e. The minimum Gasteiger partial charge on any atom is -0.369 e. The van der Waals surface area contributed by atoms with Gasteiger partial charge in [-0.2, -0.15) is 18.3 Å². The van der Waals surface area contributed by atoms with Crippen molar-refractivity contribution in [1.82, 2.24) is 15.1 Å². The summed E-state index contributed by atoms with van der Waals surface area (Å²) in [6.07, 6.45) is -5.08.